The molecule has 0 amide bonds. The van der Waals surface area contributed by atoms with Crippen molar-refractivity contribution in [2.24, 2.45) is 0 Å². The number of thiocarbonyl (C=S) groups is 1. The zero-order valence-corrected chi connectivity index (χ0v) is 13.5. The average molecular weight is 320 g/mol. The Morgan fingerprint density at radius 2 is 2.10 bits per heavy atom. The van der Waals surface area contributed by atoms with Crippen LogP contribution in [0.4, 0.5) is 5.82 Å². The monoisotopic (exact) mass is 319 g/mol. The van der Waals surface area contributed by atoms with E-state index in [1.807, 2.05) is 37.3 Å². The normalized spacial score (nSPS) is 10.2. The first kappa shape index (κ1) is 15.7. The van der Waals surface area contributed by atoms with Crippen LogP contribution in [-0.2, 0) is 6.42 Å². The Hall–Kier alpha value is -1.65. The van der Waals surface area contributed by atoms with Crippen LogP contribution < -0.4 is 10.6 Å². The third kappa shape index (κ3) is 5.33. The van der Waals surface area contributed by atoms with Crippen LogP contribution in [0.25, 0.3) is 0 Å². The Bertz CT molecular complexity index is 616. The van der Waals surface area contributed by atoms with E-state index >= 15 is 0 Å². The summed E-state index contributed by atoms with van der Waals surface area (Å²) in [6.45, 7) is 2.82. The lowest BCUT2D eigenvalue weighted by molar-refractivity contribution is 0.777. The van der Waals surface area contributed by atoms with Gasteiger partial charge in [0.05, 0.1) is 0 Å². The number of aryl methyl sites for hydroxylation is 2. The van der Waals surface area contributed by atoms with Crippen molar-refractivity contribution < 1.29 is 0 Å². The molecule has 1 aromatic carbocycles. The fraction of sp³-hybridized carbons (Fsp3) is 0.250. The fourth-order valence-corrected chi connectivity index (χ4v) is 2.38. The Labute approximate surface area is 135 Å². The summed E-state index contributed by atoms with van der Waals surface area (Å²) in [5.74, 6) is 0.763. The maximum atomic E-state index is 6.12. The molecule has 21 heavy (non-hydrogen) atoms. The van der Waals surface area contributed by atoms with Crippen molar-refractivity contribution >= 4 is 34.7 Å². The second-order valence-corrected chi connectivity index (χ2v) is 5.61. The van der Waals surface area contributed by atoms with E-state index in [4.69, 9.17) is 23.8 Å². The summed E-state index contributed by atoms with van der Waals surface area (Å²) in [5.41, 5.74) is 2.31. The van der Waals surface area contributed by atoms with Gasteiger partial charge >= 0.3 is 0 Å². The molecule has 2 aromatic rings. The predicted molar refractivity (Wildman–Crippen MR) is 93.0 cm³/mol. The predicted octanol–water partition coefficient (Wildman–Crippen LogP) is 3.96. The van der Waals surface area contributed by atoms with E-state index in [1.165, 1.54) is 5.56 Å². The first-order valence-corrected chi connectivity index (χ1v) is 7.64. The highest BCUT2D eigenvalue weighted by atomic mass is 35.5. The molecular formula is C16H18ClN3S. The van der Waals surface area contributed by atoms with Gasteiger partial charge in [0.25, 0.3) is 0 Å². The molecule has 5 heteroatoms. The van der Waals surface area contributed by atoms with Crippen molar-refractivity contribution in [3.05, 3.63) is 58.7 Å². The summed E-state index contributed by atoms with van der Waals surface area (Å²) in [6, 6.07) is 11.8. The number of hydrogen-bond acceptors (Lipinski definition) is 2. The average Bonchev–Trinajstić information content (AvgIpc) is 2.45. The number of nitrogens with one attached hydrogen (secondary N) is 2. The molecular weight excluding hydrogens is 302 g/mol. The molecule has 0 saturated carbocycles. The van der Waals surface area contributed by atoms with Gasteiger partial charge in [-0.15, -0.1) is 0 Å². The topological polar surface area (TPSA) is 37.0 Å². The summed E-state index contributed by atoms with van der Waals surface area (Å²) in [4.78, 5) is 4.21. The van der Waals surface area contributed by atoms with Crippen LogP contribution in [0.2, 0.25) is 5.02 Å². The van der Waals surface area contributed by atoms with Crippen molar-refractivity contribution in [3.8, 4) is 0 Å². The molecule has 110 valence electrons. The lowest BCUT2D eigenvalue weighted by Crippen LogP contribution is -2.29. The Morgan fingerprint density at radius 3 is 2.86 bits per heavy atom. The van der Waals surface area contributed by atoms with Gasteiger partial charge < -0.3 is 10.6 Å². The van der Waals surface area contributed by atoms with Gasteiger partial charge in [-0.25, -0.2) is 4.98 Å². The van der Waals surface area contributed by atoms with E-state index in [0.717, 1.165) is 35.8 Å². The second kappa shape index (κ2) is 7.96. The lowest BCUT2D eigenvalue weighted by atomic mass is 10.1. The summed E-state index contributed by atoms with van der Waals surface area (Å²) >= 11 is 11.4. The number of anilines is 1. The number of pyridine rings is 1. The van der Waals surface area contributed by atoms with Gasteiger partial charge in [0.15, 0.2) is 5.11 Å². The van der Waals surface area contributed by atoms with Crippen LogP contribution in [0.15, 0.2) is 42.6 Å². The molecule has 0 aliphatic carbocycles. The molecule has 0 saturated heterocycles. The molecule has 1 heterocycles. The summed E-state index contributed by atoms with van der Waals surface area (Å²) in [5, 5.41) is 7.66. The van der Waals surface area contributed by atoms with Gasteiger partial charge in [-0.05, 0) is 61.3 Å². The molecule has 0 bridgehead atoms. The Balaban J connectivity index is 1.71. The highest BCUT2D eigenvalue weighted by Gasteiger charge is 2.01. The van der Waals surface area contributed by atoms with Gasteiger partial charge in [-0.3, -0.25) is 0 Å². The van der Waals surface area contributed by atoms with Crippen LogP contribution in [-0.4, -0.2) is 16.6 Å². The van der Waals surface area contributed by atoms with Gasteiger partial charge in [-0.1, -0.05) is 29.8 Å². The molecule has 0 aliphatic heterocycles. The smallest absolute Gasteiger partial charge is 0.171 e. The van der Waals surface area contributed by atoms with Gasteiger partial charge in [0.1, 0.15) is 5.82 Å². The van der Waals surface area contributed by atoms with Gasteiger partial charge in [0, 0.05) is 17.8 Å². The molecule has 2 rings (SSSR count). The molecule has 0 spiro atoms. The number of hydrogen-bond donors (Lipinski definition) is 2. The Morgan fingerprint density at radius 1 is 1.29 bits per heavy atom. The summed E-state index contributed by atoms with van der Waals surface area (Å²) in [7, 11) is 0. The molecule has 2 N–H and O–H groups in total. The highest BCUT2D eigenvalue weighted by Crippen LogP contribution is 2.16. The van der Waals surface area contributed by atoms with Crippen molar-refractivity contribution in [3.63, 3.8) is 0 Å². The standard InChI is InChI=1S/C16H18ClN3S/c1-12-8-10-18-15(11-12)20-16(21)19-9-4-6-13-5-2-3-7-14(13)17/h2-3,5,7-8,10-11H,4,6,9H2,1H3,(H2,18,19,20,21). The van der Waals surface area contributed by atoms with Gasteiger partial charge in [0.2, 0.25) is 0 Å². The first-order valence-electron chi connectivity index (χ1n) is 6.86. The number of aromatic nitrogens is 1. The lowest BCUT2D eigenvalue weighted by Gasteiger charge is -2.10. The van der Waals surface area contributed by atoms with Gasteiger partial charge in [-0.2, -0.15) is 0 Å². The number of rotatable bonds is 5. The van der Waals surface area contributed by atoms with E-state index < -0.39 is 0 Å². The van der Waals surface area contributed by atoms with Crippen LogP contribution >= 0.6 is 23.8 Å². The third-order valence-corrected chi connectivity index (χ3v) is 3.64. The van der Waals surface area contributed by atoms with Crippen LogP contribution in [0, 0.1) is 6.92 Å². The molecule has 0 radical (unpaired) electrons. The largest absolute Gasteiger partial charge is 0.362 e. The maximum Gasteiger partial charge on any atom is 0.171 e. The van der Waals surface area contributed by atoms with Crippen molar-refractivity contribution in [2.75, 3.05) is 11.9 Å². The second-order valence-electron chi connectivity index (χ2n) is 4.79. The number of nitrogens with zero attached hydrogens (tertiary/aromatic N) is 1. The van der Waals surface area contributed by atoms with E-state index in [2.05, 4.69) is 21.7 Å². The maximum absolute atomic E-state index is 6.12. The minimum Gasteiger partial charge on any atom is -0.362 e. The SMILES string of the molecule is Cc1ccnc(NC(=S)NCCCc2ccccc2Cl)c1. The minimum atomic E-state index is 0.590. The molecule has 0 atom stereocenters. The zero-order valence-electron chi connectivity index (χ0n) is 11.9. The number of benzene rings is 1. The number of halogens is 1. The van der Waals surface area contributed by atoms with Crippen molar-refractivity contribution in [1.29, 1.82) is 0 Å². The van der Waals surface area contributed by atoms with Crippen LogP contribution in [0.3, 0.4) is 0 Å². The zero-order chi connectivity index (χ0) is 15.1. The van der Waals surface area contributed by atoms with Crippen molar-refractivity contribution in [2.45, 2.75) is 19.8 Å². The van der Waals surface area contributed by atoms with Crippen molar-refractivity contribution in [1.82, 2.24) is 10.3 Å². The molecule has 0 unspecified atom stereocenters. The molecule has 0 aliphatic rings. The highest BCUT2D eigenvalue weighted by molar-refractivity contribution is 7.80. The molecule has 0 fully saturated rings. The van der Waals surface area contributed by atoms with E-state index in [1.54, 1.807) is 6.20 Å². The molecule has 1 aromatic heterocycles. The quantitative estimate of drug-likeness (QED) is 0.646. The third-order valence-electron chi connectivity index (χ3n) is 3.02. The van der Waals surface area contributed by atoms with E-state index in [9.17, 15) is 0 Å². The first-order chi connectivity index (χ1) is 10.1. The minimum absolute atomic E-state index is 0.590. The molecule has 3 nitrogen and oxygen atoms in total. The Kier molecular flexibility index (Phi) is 5.96. The fourth-order valence-electron chi connectivity index (χ4n) is 1.95. The van der Waals surface area contributed by atoms with Crippen LogP contribution in [0.5, 0.6) is 0 Å². The van der Waals surface area contributed by atoms with E-state index in [-0.39, 0.29) is 0 Å². The summed E-state index contributed by atoms with van der Waals surface area (Å²) in [6.07, 6.45) is 3.66. The summed E-state index contributed by atoms with van der Waals surface area (Å²) < 4.78 is 0. The van der Waals surface area contributed by atoms with E-state index in [0.29, 0.717) is 5.11 Å². The van der Waals surface area contributed by atoms with Crippen LogP contribution in [0.1, 0.15) is 17.5 Å².